The Labute approximate surface area is 95.0 Å². The minimum absolute atomic E-state index is 0.313. The van der Waals surface area contributed by atoms with Gasteiger partial charge < -0.3 is 9.47 Å². The van der Waals surface area contributed by atoms with Crippen LogP contribution in [0.4, 0.5) is 4.79 Å². The fourth-order valence-electron chi connectivity index (χ4n) is 1.65. The minimum Gasteiger partial charge on any atom is -0.464 e. The van der Waals surface area contributed by atoms with Gasteiger partial charge in [-0.25, -0.2) is 9.59 Å². The molecule has 1 unspecified atom stereocenters. The molecule has 1 aliphatic heterocycles. The molecule has 0 saturated carbocycles. The van der Waals surface area contributed by atoms with E-state index in [0.29, 0.717) is 19.6 Å². The summed E-state index contributed by atoms with van der Waals surface area (Å²) in [6, 6.07) is -0.558. The number of amides is 1. The molecule has 0 aromatic rings. The van der Waals surface area contributed by atoms with Crippen LogP contribution >= 0.6 is 0 Å². The van der Waals surface area contributed by atoms with Crippen molar-refractivity contribution in [1.29, 1.82) is 0 Å². The first-order valence-electron chi connectivity index (χ1n) is 5.27. The topological polar surface area (TPSA) is 55.8 Å². The summed E-state index contributed by atoms with van der Waals surface area (Å²) in [6.07, 6.45) is 1.92. The molecule has 1 aliphatic rings. The number of carbonyl (C=O) groups is 2. The molecule has 0 spiro atoms. The Kier molecular flexibility index (Phi) is 4.34. The average molecular weight is 227 g/mol. The maximum atomic E-state index is 11.7. The zero-order valence-electron chi connectivity index (χ0n) is 9.86. The van der Waals surface area contributed by atoms with E-state index in [0.717, 1.165) is 5.57 Å². The molecular formula is C11H17NO4. The lowest BCUT2D eigenvalue weighted by Crippen LogP contribution is -2.48. The fraction of sp³-hybridized carbons (Fsp3) is 0.636. The second kappa shape index (κ2) is 5.53. The summed E-state index contributed by atoms with van der Waals surface area (Å²) in [6.45, 7) is 4.38. The van der Waals surface area contributed by atoms with Crippen molar-refractivity contribution in [3.8, 4) is 0 Å². The Morgan fingerprint density at radius 2 is 2.25 bits per heavy atom. The maximum absolute atomic E-state index is 11.7. The molecule has 1 atom stereocenters. The second-order valence-corrected chi connectivity index (χ2v) is 3.64. The number of hydrogen-bond acceptors (Lipinski definition) is 4. The van der Waals surface area contributed by atoms with Crippen LogP contribution < -0.4 is 0 Å². The lowest BCUT2D eigenvalue weighted by molar-refractivity contribution is -0.148. The van der Waals surface area contributed by atoms with Gasteiger partial charge in [0.1, 0.15) is 6.04 Å². The van der Waals surface area contributed by atoms with Gasteiger partial charge in [-0.2, -0.15) is 0 Å². The molecule has 0 radical (unpaired) electrons. The molecule has 1 heterocycles. The monoisotopic (exact) mass is 227 g/mol. The van der Waals surface area contributed by atoms with E-state index in [4.69, 9.17) is 4.74 Å². The summed E-state index contributed by atoms with van der Waals surface area (Å²) in [5.74, 6) is -0.375. The van der Waals surface area contributed by atoms with Crippen molar-refractivity contribution in [3.63, 3.8) is 0 Å². The van der Waals surface area contributed by atoms with Crippen LogP contribution in [0.1, 0.15) is 20.3 Å². The van der Waals surface area contributed by atoms with Crippen LogP contribution in [-0.4, -0.2) is 43.3 Å². The highest BCUT2D eigenvalue weighted by atomic mass is 16.6. The molecule has 90 valence electrons. The Morgan fingerprint density at radius 1 is 1.56 bits per heavy atom. The van der Waals surface area contributed by atoms with Crippen LogP contribution in [-0.2, 0) is 14.3 Å². The molecule has 1 amide bonds. The van der Waals surface area contributed by atoms with Crippen molar-refractivity contribution in [2.24, 2.45) is 0 Å². The Morgan fingerprint density at radius 3 is 2.81 bits per heavy atom. The smallest absolute Gasteiger partial charge is 0.410 e. The van der Waals surface area contributed by atoms with E-state index in [-0.39, 0.29) is 5.97 Å². The van der Waals surface area contributed by atoms with E-state index in [1.54, 1.807) is 6.92 Å². The first-order chi connectivity index (χ1) is 7.60. The van der Waals surface area contributed by atoms with Gasteiger partial charge in [-0.15, -0.1) is 0 Å². The lowest BCUT2D eigenvalue weighted by Gasteiger charge is -2.31. The first kappa shape index (κ1) is 12.5. The molecule has 0 bridgehead atoms. The van der Waals surface area contributed by atoms with Gasteiger partial charge in [-0.3, -0.25) is 4.90 Å². The highest BCUT2D eigenvalue weighted by Crippen LogP contribution is 2.19. The van der Waals surface area contributed by atoms with Crippen LogP contribution in [0, 0.1) is 0 Å². The molecule has 5 nitrogen and oxygen atoms in total. The summed E-state index contributed by atoms with van der Waals surface area (Å²) in [7, 11) is 1.30. The third-order valence-electron chi connectivity index (χ3n) is 2.50. The largest absolute Gasteiger partial charge is 0.464 e. The summed E-state index contributed by atoms with van der Waals surface area (Å²) >= 11 is 0. The molecule has 0 saturated heterocycles. The lowest BCUT2D eigenvalue weighted by atomic mass is 10.0. The van der Waals surface area contributed by atoms with Gasteiger partial charge in [0.15, 0.2) is 0 Å². The summed E-state index contributed by atoms with van der Waals surface area (Å²) in [4.78, 5) is 24.5. The summed E-state index contributed by atoms with van der Waals surface area (Å²) in [5, 5.41) is 0. The quantitative estimate of drug-likeness (QED) is 0.527. The molecule has 0 aromatic carbocycles. The summed E-state index contributed by atoms with van der Waals surface area (Å²) < 4.78 is 9.57. The number of hydrogen-bond donors (Lipinski definition) is 0. The van der Waals surface area contributed by atoms with Gasteiger partial charge in [0, 0.05) is 6.54 Å². The number of methoxy groups -OCH3 is 1. The Balaban J connectivity index is 2.80. The van der Waals surface area contributed by atoms with E-state index in [9.17, 15) is 9.59 Å². The van der Waals surface area contributed by atoms with Crippen molar-refractivity contribution >= 4 is 12.1 Å². The molecule has 1 rings (SSSR count). The predicted octanol–water partition coefficient (Wildman–Crippen LogP) is 1.34. The third-order valence-corrected chi connectivity index (χ3v) is 2.50. The second-order valence-electron chi connectivity index (χ2n) is 3.64. The van der Waals surface area contributed by atoms with Crippen LogP contribution in [0.15, 0.2) is 11.6 Å². The van der Waals surface area contributed by atoms with Crippen LogP contribution in [0.2, 0.25) is 0 Å². The zero-order valence-corrected chi connectivity index (χ0v) is 9.86. The van der Waals surface area contributed by atoms with Crippen molar-refractivity contribution in [2.45, 2.75) is 26.3 Å². The van der Waals surface area contributed by atoms with Crippen molar-refractivity contribution in [2.75, 3.05) is 20.3 Å². The Hall–Kier alpha value is -1.52. The highest BCUT2D eigenvalue weighted by Gasteiger charge is 2.33. The van der Waals surface area contributed by atoms with Gasteiger partial charge in [-0.1, -0.05) is 11.6 Å². The number of esters is 1. The highest BCUT2D eigenvalue weighted by molar-refractivity contribution is 5.82. The number of rotatable bonds is 2. The fourth-order valence-corrected chi connectivity index (χ4v) is 1.65. The predicted molar refractivity (Wildman–Crippen MR) is 57.9 cm³/mol. The van der Waals surface area contributed by atoms with E-state index in [1.165, 1.54) is 12.0 Å². The molecule has 5 heteroatoms. The normalized spacial score (nSPS) is 20.1. The number of ether oxygens (including phenoxy) is 2. The van der Waals surface area contributed by atoms with Crippen molar-refractivity contribution in [1.82, 2.24) is 4.90 Å². The van der Waals surface area contributed by atoms with Gasteiger partial charge in [-0.05, 0) is 20.3 Å². The molecule has 0 aliphatic carbocycles. The van der Waals surface area contributed by atoms with E-state index in [2.05, 4.69) is 4.74 Å². The van der Waals surface area contributed by atoms with Gasteiger partial charge in [0.2, 0.25) is 0 Å². The molecule has 0 fully saturated rings. The SMILES string of the molecule is CCOC(=O)C1CC(C)=CCN1C(=O)OC. The number of nitrogens with zero attached hydrogens (tertiary/aromatic N) is 1. The standard InChI is InChI=1S/C11H17NO4/c1-4-16-10(13)9-7-8(2)5-6-12(9)11(14)15-3/h5,9H,4,6-7H2,1-3H3. The van der Waals surface area contributed by atoms with E-state index < -0.39 is 12.1 Å². The molecule has 16 heavy (non-hydrogen) atoms. The molecule has 0 aromatic heterocycles. The molecular weight excluding hydrogens is 210 g/mol. The van der Waals surface area contributed by atoms with Crippen molar-refractivity contribution in [3.05, 3.63) is 11.6 Å². The third kappa shape index (κ3) is 2.74. The molecule has 0 N–H and O–H groups in total. The van der Waals surface area contributed by atoms with Crippen LogP contribution in [0.25, 0.3) is 0 Å². The average Bonchev–Trinajstić information content (AvgIpc) is 2.28. The number of carbonyl (C=O) groups excluding carboxylic acids is 2. The van der Waals surface area contributed by atoms with E-state index in [1.807, 2.05) is 13.0 Å². The summed E-state index contributed by atoms with van der Waals surface area (Å²) in [5.41, 5.74) is 1.08. The van der Waals surface area contributed by atoms with Crippen molar-refractivity contribution < 1.29 is 19.1 Å². The van der Waals surface area contributed by atoms with Gasteiger partial charge in [0.05, 0.1) is 13.7 Å². The van der Waals surface area contributed by atoms with Gasteiger partial charge >= 0.3 is 12.1 Å². The Bertz CT molecular complexity index is 311. The van der Waals surface area contributed by atoms with Crippen LogP contribution in [0.3, 0.4) is 0 Å². The minimum atomic E-state index is -0.558. The maximum Gasteiger partial charge on any atom is 0.410 e. The first-order valence-corrected chi connectivity index (χ1v) is 5.27. The van der Waals surface area contributed by atoms with Gasteiger partial charge in [0.25, 0.3) is 0 Å². The zero-order chi connectivity index (χ0) is 12.1. The van der Waals surface area contributed by atoms with Crippen LogP contribution in [0.5, 0.6) is 0 Å². The van der Waals surface area contributed by atoms with E-state index >= 15 is 0 Å².